The smallest absolute Gasteiger partial charge is 0.337 e. The van der Waals surface area contributed by atoms with Gasteiger partial charge in [-0.1, -0.05) is 29.4 Å². The zero-order valence-corrected chi connectivity index (χ0v) is 12.0. The molecule has 1 heterocycles. The lowest BCUT2D eigenvalue weighted by Gasteiger charge is -2.27. The summed E-state index contributed by atoms with van der Waals surface area (Å²) in [7, 11) is 1.35. The minimum absolute atomic E-state index is 0.314. The summed E-state index contributed by atoms with van der Waals surface area (Å²) in [6.07, 6.45) is 0.114. The van der Waals surface area contributed by atoms with Crippen molar-refractivity contribution in [1.82, 2.24) is 0 Å². The second-order valence-electron chi connectivity index (χ2n) is 4.97. The van der Waals surface area contributed by atoms with Crippen molar-refractivity contribution in [3.8, 4) is 5.75 Å². The van der Waals surface area contributed by atoms with E-state index in [1.54, 1.807) is 18.2 Å². The number of oxime groups is 1. The van der Waals surface area contributed by atoms with E-state index in [4.69, 9.17) is 9.47 Å². The van der Waals surface area contributed by atoms with Gasteiger partial charge >= 0.3 is 5.97 Å². The summed E-state index contributed by atoms with van der Waals surface area (Å²) >= 11 is 0. The summed E-state index contributed by atoms with van der Waals surface area (Å²) in [5.74, 6) is 0.268. The second kappa shape index (κ2) is 5.89. The molecule has 5 nitrogen and oxygen atoms in total. The molecule has 2 aromatic rings. The van der Waals surface area contributed by atoms with Gasteiger partial charge in [0, 0.05) is 12.0 Å². The Hall–Kier alpha value is -2.82. The van der Waals surface area contributed by atoms with Gasteiger partial charge in [0.05, 0.1) is 18.4 Å². The number of para-hydroxylation sites is 1. The first-order valence-corrected chi connectivity index (χ1v) is 6.88. The third-order valence-corrected chi connectivity index (χ3v) is 3.65. The van der Waals surface area contributed by atoms with Gasteiger partial charge in [0.1, 0.15) is 11.9 Å². The molecule has 1 aliphatic rings. The van der Waals surface area contributed by atoms with Crippen LogP contribution in [0.25, 0.3) is 0 Å². The monoisotopic (exact) mass is 297 g/mol. The molecule has 2 aromatic carbocycles. The van der Waals surface area contributed by atoms with Gasteiger partial charge in [0.25, 0.3) is 0 Å². The van der Waals surface area contributed by atoms with Gasteiger partial charge in [0.15, 0.2) is 0 Å². The van der Waals surface area contributed by atoms with Crippen LogP contribution in [-0.2, 0) is 4.74 Å². The van der Waals surface area contributed by atoms with Crippen molar-refractivity contribution in [1.29, 1.82) is 0 Å². The fraction of sp³-hybridized carbons (Fsp3) is 0.176. The van der Waals surface area contributed by atoms with Gasteiger partial charge in [-0.25, -0.2) is 4.79 Å². The van der Waals surface area contributed by atoms with E-state index in [9.17, 15) is 10.0 Å². The third-order valence-electron chi connectivity index (χ3n) is 3.65. The van der Waals surface area contributed by atoms with E-state index < -0.39 is 5.97 Å². The Labute approximate surface area is 127 Å². The van der Waals surface area contributed by atoms with Crippen LogP contribution in [0.15, 0.2) is 53.7 Å². The van der Waals surface area contributed by atoms with E-state index in [2.05, 4.69) is 5.16 Å². The molecule has 0 amide bonds. The molecule has 0 aliphatic carbocycles. The molecule has 0 radical (unpaired) electrons. The van der Waals surface area contributed by atoms with E-state index in [0.29, 0.717) is 23.4 Å². The van der Waals surface area contributed by atoms with Gasteiger partial charge in [-0.05, 0) is 29.8 Å². The number of hydrogen-bond acceptors (Lipinski definition) is 5. The lowest BCUT2D eigenvalue weighted by molar-refractivity contribution is 0.0600. The van der Waals surface area contributed by atoms with Crippen molar-refractivity contribution in [2.75, 3.05) is 7.11 Å². The van der Waals surface area contributed by atoms with Crippen molar-refractivity contribution in [2.24, 2.45) is 5.16 Å². The number of fused-ring (bicyclic) bond motifs is 1. The van der Waals surface area contributed by atoms with Crippen LogP contribution in [0, 0.1) is 0 Å². The molecule has 0 fully saturated rings. The zero-order valence-electron chi connectivity index (χ0n) is 12.0. The summed E-state index contributed by atoms with van der Waals surface area (Å²) in [5, 5.41) is 12.6. The number of nitrogens with zero attached hydrogens (tertiary/aromatic N) is 1. The van der Waals surface area contributed by atoms with E-state index in [1.165, 1.54) is 7.11 Å². The lowest BCUT2D eigenvalue weighted by Crippen LogP contribution is -2.21. The van der Waals surface area contributed by atoms with Crippen LogP contribution in [0.1, 0.15) is 34.0 Å². The van der Waals surface area contributed by atoms with Crippen molar-refractivity contribution in [2.45, 2.75) is 12.5 Å². The molecular weight excluding hydrogens is 282 g/mol. The van der Waals surface area contributed by atoms with Gasteiger partial charge in [-0.3, -0.25) is 0 Å². The standard InChI is InChI=1S/C17H15NO4/c1-21-17(19)12-6-4-5-11(9-12)16-10-14(18-20)13-7-2-3-8-15(13)22-16/h2-9,16,20H,10H2,1H3/b18-14+. The van der Waals surface area contributed by atoms with Crippen LogP contribution in [0.4, 0.5) is 0 Å². The molecule has 0 saturated carbocycles. The minimum atomic E-state index is -0.394. The van der Waals surface area contributed by atoms with Crippen LogP contribution in [0.3, 0.4) is 0 Å². The molecule has 0 spiro atoms. The Morgan fingerprint density at radius 1 is 1.27 bits per heavy atom. The predicted octanol–water partition coefficient (Wildman–Crippen LogP) is 3.18. The number of carbonyl (C=O) groups excluding carboxylic acids is 1. The topological polar surface area (TPSA) is 68.1 Å². The van der Waals surface area contributed by atoms with E-state index >= 15 is 0 Å². The molecule has 0 bridgehead atoms. The first-order valence-electron chi connectivity index (χ1n) is 6.88. The lowest BCUT2D eigenvalue weighted by atomic mass is 9.95. The number of esters is 1. The van der Waals surface area contributed by atoms with Gasteiger partial charge in [-0.15, -0.1) is 0 Å². The molecular formula is C17H15NO4. The molecule has 3 rings (SSSR count). The summed E-state index contributed by atoms with van der Waals surface area (Å²) in [5.41, 5.74) is 2.64. The maximum Gasteiger partial charge on any atom is 0.337 e. The van der Waals surface area contributed by atoms with Gasteiger partial charge in [-0.2, -0.15) is 0 Å². The number of benzene rings is 2. The molecule has 112 valence electrons. The van der Waals surface area contributed by atoms with Crippen molar-refractivity contribution in [3.05, 3.63) is 65.2 Å². The Kier molecular flexibility index (Phi) is 3.78. The minimum Gasteiger partial charge on any atom is -0.485 e. The predicted molar refractivity (Wildman–Crippen MR) is 80.5 cm³/mol. The Morgan fingerprint density at radius 3 is 2.86 bits per heavy atom. The third kappa shape index (κ3) is 2.53. The second-order valence-corrected chi connectivity index (χ2v) is 4.97. The van der Waals surface area contributed by atoms with Crippen molar-refractivity contribution >= 4 is 11.7 Å². The van der Waals surface area contributed by atoms with E-state index in [0.717, 1.165) is 11.1 Å². The van der Waals surface area contributed by atoms with E-state index in [1.807, 2.05) is 30.3 Å². The maximum absolute atomic E-state index is 11.6. The van der Waals surface area contributed by atoms with Crippen LogP contribution in [0.5, 0.6) is 5.75 Å². The number of rotatable bonds is 2. The van der Waals surface area contributed by atoms with Crippen LogP contribution in [-0.4, -0.2) is 24.0 Å². The first kappa shape index (κ1) is 14.1. The fourth-order valence-corrected chi connectivity index (χ4v) is 2.55. The highest BCUT2D eigenvalue weighted by Crippen LogP contribution is 2.35. The number of carbonyl (C=O) groups is 1. The molecule has 1 unspecified atom stereocenters. The fourth-order valence-electron chi connectivity index (χ4n) is 2.55. The number of hydrogen-bond donors (Lipinski definition) is 1. The number of ether oxygens (including phenoxy) is 2. The molecule has 1 N–H and O–H groups in total. The largest absolute Gasteiger partial charge is 0.485 e. The summed E-state index contributed by atoms with van der Waals surface area (Å²) in [4.78, 5) is 11.6. The first-order chi connectivity index (χ1) is 10.7. The molecule has 1 aliphatic heterocycles. The highest BCUT2D eigenvalue weighted by atomic mass is 16.5. The zero-order chi connectivity index (χ0) is 15.5. The molecule has 5 heteroatoms. The Balaban J connectivity index is 1.96. The van der Waals surface area contributed by atoms with Gasteiger partial charge < -0.3 is 14.7 Å². The SMILES string of the molecule is COC(=O)c1cccc(C2C/C(=N\O)c3ccccc3O2)c1. The average molecular weight is 297 g/mol. The summed E-state index contributed by atoms with van der Waals surface area (Å²) in [6, 6.07) is 14.5. The Bertz CT molecular complexity index is 739. The molecule has 0 aromatic heterocycles. The highest BCUT2D eigenvalue weighted by molar-refractivity contribution is 6.03. The van der Waals surface area contributed by atoms with Crippen LogP contribution >= 0.6 is 0 Å². The quantitative estimate of drug-likeness (QED) is 0.525. The maximum atomic E-state index is 11.6. The average Bonchev–Trinajstić information content (AvgIpc) is 2.60. The highest BCUT2D eigenvalue weighted by Gasteiger charge is 2.26. The van der Waals surface area contributed by atoms with Crippen molar-refractivity contribution < 1.29 is 19.5 Å². The van der Waals surface area contributed by atoms with Gasteiger partial charge in [0.2, 0.25) is 0 Å². The number of methoxy groups -OCH3 is 1. The molecule has 0 saturated heterocycles. The Morgan fingerprint density at radius 2 is 2.09 bits per heavy atom. The normalized spacial score (nSPS) is 18.4. The van der Waals surface area contributed by atoms with E-state index in [-0.39, 0.29) is 6.10 Å². The molecule has 1 atom stereocenters. The van der Waals surface area contributed by atoms with Crippen molar-refractivity contribution in [3.63, 3.8) is 0 Å². The van der Waals surface area contributed by atoms with Crippen LogP contribution < -0.4 is 4.74 Å². The summed E-state index contributed by atoms with van der Waals surface area (Å²) < 4.78 is 10.7. The molecule has 22 heavy (non-hydrogen) atoms. The van der Waals surface area contributed by atoms with Crippen LogP contribution in [0.2, 0.25) is 0 Å². The summed E-state index contributed by atoms with van der Waals surface area (Å²) in [6.45, 7) is 0.